The molecule has 0 spiro atoms. The third-order valence-corrected chi connectivity index (χ3v) is 2.78. The monoisotopic (exact) mass is 273 g/mol. The molecule has 1 aromatic carbocycles. The number of hydrogen-bond acceptors (Lipinski definition) is 6. The molecule has 0 atom stereocenters. The highest BCUT2D eigenvalue weighted by atomic mass is 16.6. The van der Waals surface area contributed by atoms with Gasteiger partial charge in [0, 0.05) is 24.9 Å². The summed E-state index contributed by atoms with van der Waals surface area (Å²) in [5.41, 5.74) is 1.34. The maximum absolute atomic E-state index is 10.7. The van der Waals surface area contributed by atoms with E-state index in [2.05, 4.69) is 25.6 Å². The molecular weight excluding hydrogens is 262 g/mol. The average Bonchev–Trinajstić information content (AvgIpc) is 3.06. The summed E-state index contributed by atoms with van der Waals surface area (Å²) in [5.74, 6) is 0.570. The number of aromatic amines is 1. The fourth-order valence-electron chi connectivity index (χ4n) is 1.84. The van der Waals surface area contributed by atoms with E-state index in [1.165, 1.54) is 12.1 Å². The number of non-ortho nitro benzene ring substituents is 1. The van der Waals surface area contributed by atoms with Crippen molar-refractivity contribution in [3.05, 3.63) is 40.7 Å². The summed E-state index contributed by atoms with van der Waals surface area (Å²) in [6.07, 6.45) is 3.38. The molecular formula is C11H11N7O2. The normalized spacial score (nSPS) is 10.8. The van der Waals surface area contributed by atoms with Gasteiger partial charge in [0.2, 0.25) is 5.95 Å². The third-order valence-electron chi connectivity index (χ3n) is 2.78. The van der Waals surface area contributed by atoms with Crippen molar-refractivity contribution in [3.63, 3.8) is 0 Å². The predicted octanol–water partition coefficient (Wildman–Crippen LogP) is 1.17. The topological polar surface area (TPSA) is 115 Å². The first kappa shape index (κ1) is 12.1. The Kier molecular flexibility index (Phi) is 2.99. The number of fused-ring (bicyclic) bond motifs is 1. The second kappa shape index (κ2) is 4.96. The average molecular weight is 273 g/mol. The fraction of sp³-hybridized carbons (Fsp3) is 0.182. The molecule has 2 aromatic heterocycles. The minimum Gasteiger partial charge on any atom is -0.354 e. The van der Waals surface area contributed by atoms with Gasteiger partial charge in [-0.1, -0.05) is 5.21 Å². The van der Waals surface area contributed by atoms with Crippen LogP contribution in [0.5, 0.6) is 0 Å². The van der Waals surface area contributed by atoms with E-state index < -0.39 is 4.92 Å². The van der Waals surface area contributed by atoms with Crippen molar-refractivity contribution >= 4 is 22.7 Å². The largest absolute Gasteiger partial charge is 0.354 e. The standard InChI is InChI=1S/C11H11N7O2/c19-18(20)8-1-2-9-10(7-8)15-11(14-9)12-3-5-17-6-4-13-16-17/h1-2,4,6-7H,3,5H2,(H2,12,14,15). The highest BCUT2D eigenvalue weighted by molar-refractivity contribution is 5.79. The van der Waals surface area contributed by atoms with E-state index in [1.807, 2.05) is 0 Å². The van der Waals surface area contributed by atoms with Crippen LogP contribution in [0.3, 0.4) is 0 Å². The molecule has 9 heteroatoms. The van der Waals surface area contributed by atoms with E-state index >= 15 is 0 Å². The maximum atomic E-state index is 10.7. The van der Waals surface area contributed by atoms with Gasteiger partial charge in [-0.15, -0.1) is 5.10 Å². The van der Waals surface area contributed by atoms with Crippen molar-refractivity contribution in [2.24, 2.45) is 0 Å². The van der Waals surface area contributed by atoms with Crippen LogP contribution in [0.1, 0.15) is 0 Å². The first-order valence-corrected chi connectivity index (χ1v) is 5.94. The molecule has 0 aliphatic heterocycles. The molecule has 3 rings (SSSR count). The molecule has 9 nitrogen and oxygen atoms in total. The van der Waals surface area contributed by atoms with E-state index in [1.54, 1.807) is 23.1 Å². The van der Waals surface area contributed by atoms with E-state index in [-0.39, 0.29) is 5.69 Å². The molecule has 20 heavy (non-hydrogen) atoms. The Bertz CT molecular complexity index is 734. The summed E-state index contributed by atoms with van der Waals surface area (Å²) in [4.78, 5) is 17.6. The van der Waals surface area contributed by atoms with Crippen LogP contribution in [0, 0.1) is 10.1 Å². The molecule has 0 bridgehead atoms. The number of nitro benzene ring substituents is 1. The van der Waals surface area contributed by atoms with Gasteiger partial charge in [-0.05, 0) is 6.07 Å². The van der Waals surface area contributed by atoms with Crippen LogP contribution in [0.2, 0.25) is 0 Å². The molecule has 0 saturated carbocycles. The van der Waals surface area contributed by atoms with Gasteiger partial charge in [0.25, 0.3) is 5.69 Å². The van der Waals surface area contributed by atoms with Gasteiger partial charge in [-0.3, -0.25) is 14.8 Å². The first-order valence-electron chi connectivity index (χ1n) is 5.94. The van der Waals surface area contributed by atoms with E-state index in [0.29, 0.717) is 30.1 Å². The lowest BCUT2D eigenvalue weighted by molar-refractivity contribution is -0.384. The Hall–Kier alpha value is -2.97. The summed E-state index contributed by atoms with van der Waals surface area (Å²) >= 11 is 0. The number of rotatable bonds is 5. The quantitative estimate of drug-likeness (QED) is 0.532. The van der Waals surface area contributed by atoms with Crippen LogP contribution in [0.15, 0.2) is 30.6 Å². The van der Waals surface area contributed by atoms with E-state index in [9.17, 15) is 10.1 Å². The fourth-order valence-corrected chi connectivity index (χ4v) is 1.84. The van der Waals surface area contributed by atoms with Crippen LogP contribution in [0.4, 0.5) is 11.6 Å². The van der Waals surface area contributed by atoms with Crippen molar-refractivity contribution in [1.82, 2.24) is 25.0 Å². The number of anilines is 1. The molecule has 0 aliphatic carbocycles. The number of benzene rings is 1. The molecule has 0 radical (unpaired) electrons. The van der Waals surface area contributed by atoms with Crippen LogP contribution >= 0.6 is 0 Å². The van der Waals surface area contributed by atoms with Gasteiger partial charge in [0.1, 0.15) is 0 Å². The number of H-pyrrole nitrogens is 1. The molecule has 3 aromatic rings. The number of nitrogens with zero attached hydrogens (tertiary/aromatic N) is 5. The third kappa shape index (κ3) is 2.41. The smallest absolute Gasteiger partial charge is 0.271 e. The molecule has 0 unspecified atom stereocenters. The number of nitrogens with one attached hydrogen (secondary N) is 2. The van der Waals surface area contributed by atoms with Gasteiger partial charge in [-0.25, -0.2) is 4.98 Å². The molecule has 2 heterocycles. The first-order chi connectivity index (χ1) is 9.72. The van der Waals surface area contributed by atoms with Gasteiger partial charge in [-0.2, -0.15) is 0 Å². The molecule has 0 aliphatic rings. The predicted molar refractivity (Wildman–Crippen MR) is 71.3 cm³/mol. The molecule has 2 N–H and O–H groups in total. The van der Waals surface area contributed by atoms with Crippen molar-refractivity contribution in [3.8, 4) is 0 Å². The van der Waals surface area contributed by atoms with Crippen molar-refractivity contribution in [2.75, 3.05) is 11.9 Å². The second-order valence-corrected chi connectivity index (χ2v) is 4.14. The highest BCUT2D eigenvalue weighted by Gasteiger charge is 2.09. The lowest BCUT2D eigenvalue weighted by Gasteiger charge is -2.01. The van der Waals surface area contributed by atoms with Gasteiger partial charge >= 0.3 is 0 Å². The Labute approximate surface area is 112 Å². The molecule has 0 amide bonds. The Balaban J connectivity index is 1.70. The zero-order valence-electron chi connectivity index (χ0n) is 10.4. The maximum Gasteiger partial charge on any atom is 0.271 e. The SMILES string of the molecule is O=[N+]([O-])c1ccc2nc(NCCn3ccnn3)[nH]c2c1. The minimum absolute atomic E-state index is 0.0373. The summed E-state index contributed by atoms with van der Waals surface area (Å²) < 4.78 is 1.69. The lowest BCUT2D eigenvalue weighted by Crippen LogP contribution is -2.11. The second-order valence-electron chi connectivity index (χ2n) is 4.14. The van der Waals surface area contributed by atoms with Crippen molar-refractivity contribution < 1.29 is 4.92 Å². The summed E-state index contributed by atoms with van der Waals surface area (Å²) in [6.45, 7) is 1.27. The highest BCUT2D eigenvalue weighted by Crippen LogP contribution is 2.20. The minimum atomic E-state index is -0.432. The number of imidazole rings is 1. The summed E-state index contributed by atoms with van der Waals surface area (Å²) in [6, 6.07) is 4.51. The zero-order valence-corrected chi connectivity index (χ0v) is 10.4. The lowest BCUT2D eigenvalue weighted by atomic mass is 10.3. The zero-order chi connectivity index (χ0) is 13.9. The Morgan fingerprint density at radius 3 is 3.10 bits per heavy atom. The Morgan fingerprint density at radius 2 is 2.35 bits per heavy atom. The van der Waals surface area contributed by atoms with Crippen LogP contribution in [-0.2, 0) is 6.54 Å². The Morgan fingerprint density at radius 1 is 1.45 bits per heavy atom. The van der Waals surface area contributed by atoms with E-state index in [0.717, 1.165) is 0 Å². The molecule has 102 valence electrons. The number of nitro groups is 1. The van der Waals surface area contributed by atoms with Crippen LogP contribution in [0.25, 0.3) is 11.0 Å². The summed E-state index contributed by atoms with van der Waals surface area (Å²) in [7, 11) is 0. The van der Waals surface area contributed by atoms with E-state index in [4.69, 9.17) is 0 Å². The van der Waals surface area contributed by atoms with Gasteiger partial charge in [0.15, 0.2) is 0 Å². The number of hydrogen-bond donors (Lipinski definition) is 2. The van der Waals surface area contributed by atoms with Crippen molar-refractivity contribution in [2.45, 2.75) is 6.54 Å². The van der Waals surface area contributed by atoms with Crippen LogP contribution in [-0.4, -0.2) is 36.4 Å². The van der Waals surface area contributed by atoms with Gasteiger partial charge in [0.05, 0.1) is 28.7 Å². The van der Waals surface area contributed by atoms with Gasteiger partial charge < -0.3 is 10.3 Å². The molecule has 0 saturated heterocycles. The van der Waals surface area contributed by atoms with Crippen molar-refractivity contribution in [1.29, 1.82) is 0 Å². The summed E-state index contributed by atoms with van der Waals surface area (Å²) in [5, 5.41) is 21.3. The van der Waals surface area contributed by atoms with Crippen LogP contribution < -0.4 is 5.32 Å². The molecule has 0 fully saturated rings. The number of aromatic nitrogens is 5.